The van der Waals surface area contributed by atoms with Crippen LogP contribution in [0, 0.1) is 0 Å². The largest absolute Gasteiger partial charge is 0.368 e. The van der Waals surface area contributed by atoms with Gasteiger partial charge in [-0.25, -0.2) is 0 Å². The van der Waals surface area contributed by atoms with Gasteiger partial charge in [-0.1, -0.05) is 0 Å². The number of hydrogen-bond acceptors (Lipinski definition) is 3. The minimum Gasteiger partial charge on any atom is -0.368 e. The van der Waals surface area contributed by atoms with E-state index in [0.717, 1.165) is 31.5 Å². The summed E-state index contributed by atoms with van der Waals surface area (Å²) in [5.41, 5.74) is 6.38. The Balaban J connectivity index is 2.22. The number of amides is 1. The smallest absolute Gasteiger partial charge is 0.240 e. The second kappa shape index (κ2) is 4.29. The fraction of sp³-hybridized carbons (Fsp3) is 0.455. The number of nitrogens with two attached hydrogens (primary N) is 1. The van der Waals surface area contributed by atoms with Gasteiger partial charge in [-0.2, -0.15) is 0 Å². The second-order valence-corrected chi connectivity index (χ2v) is 3.82. The molecular formula is C11H15N3O. The normalized spacial score (nSPS) is 21.3. The Morgan fingerprint density at radius 2 is 2.40 bits per heavy atom. The third-order valence-electron chi connectivity index (χ3n) is 2.81. The van der Waals surface area contributed by atoms with Crippen molar-refractivity contribution in [2.75, 3.05) is 11.4 Å². The van der Waals surface area contributed by atoms with Crippen LogP contribution in [0.1, 0.15) is 19.3 Å². The summed E-state index contributed by atoms with van der Waals surface area (Å²) >= 11 is 0. The van der Waals surface area contributed by atoms with E-state index in [9.17, 15) is 4.79 Å². The molecule has 4 nitrogen and oxygen atoms in total. The van der Waals surface area contributed by atoms with Gasteiger partial charge in [-0.05, 0) is 31.4 Å². The molecule has 0 aliphatic carbocycles. The van der Waals surface area contributed by atoms with Crippen LogP contribution in [0.25, 0.3) is 0 Å². The van der Waals surface area contributed by atoms with Gasteiger partial charge in [-0.15, -0.1) is 0 Å². The molecule has 2 heterocycles. The van der Waals surface area contributed by atoms with E-state index in [2.05, 4.69) is 9.88 Å². The molecule has 4 heteroatoms. The summed E-state index contributed by atoms with van der Waals surface area (Å²) in [6.45, 7) is 0.888. The van der Waals surface area contributed by atoms with E-state index < -0.39 is 0 Å². The van der Waals surface area contributed by atoms with Crippen molar-refractivity contribution in [2.45, 2.75) is 25.3 Å². The summed E-state index contributed by atoms with van der Waals surface area (Å²) in [7, 11) is 0. The molecule has 0 spiro atoms. The van der Waals surface area contributed by atoms with E-state index in [1.807, 2.05) is 12.1 Å². The van der Waals surface area contributed by atoms with E-state index >= 15 is 0 Å². The second-order valence-electron chi connectivity index (χ2n) is 3.82. The maximum atomic E-state index is 11.3. The van der Waals surface area contributed by atoms with Crippen LogP contribution in [0.4, 0.5) is 5.69 Å². The van der Waals surface area contributed by atoms with Crippen LogP contribution in [0.15, 0.2) is 24.5 Å². The highest BCUT2D eigenvalue weighted by molar-refractivity contribution is 5.83. The average molecular weight is 205 g/mol. The van der Waals surface area contributed by atoms with E-state index in [1.54, 1.807) is 12.4 Å². The van der Waals surface area contributed by atoms with Crippen molar-refractivity contribution in [3.05, 3.63) is 24.5 Å². The van der Waals surface area contributed by atoms with Crippen molar-refractivity contribution in [2.24, 2.45) is 5.73 Å². The SMILES string of the molecule is NC(=O)[C@H]1CCCCN1c1cccnc1. The van der Waals surface area contributed by atoms with Crippen LogP contribution in [0.5, 0.6) is 0 Å². The van der Waals surface area contributed by atoms with Gasteiger partial charge in [-0.3, -0.25) is 9.78 Å². The Morgan fingerprint density at radius 3 is 3.07 bits per heavy atom. The minimum atomic E-state index is -0.237. The lowest BCUT2D eigenvalue weighted by atomic mass is 10.0. The van der Waals surface area contributed by atoms with Crippen LogP contribution >= 0.6 is 0 Å². The summed E-state index contributed by atoms with van der Waals surface area (Å²) in [4.78, 5) is 17.4. The molecule has 0 saturated carbocycles. The number of hydrogen-bond donors (Lipinski definition) is 1. The highest BCUT2D eigenvalue weighted by Gasteiger charge is 2.26. The molecular weight excluding hydrogens is 190 g/mol. The Kier molecular flexibility index (Phi) is 2.85. The van der Waals surface area contributed by atoms with Crippen LogP contribution in [0.2, 0.25) is 0 Å². The molecule has 1 atom stereocenters. The lowest BCUT2D eigenvalue weighted by molar-refractivity contribution is -0.119. The zero-order valence-corrected chi connectivity index (χ0v) is 8.60. The van der Waals surface area contributed by atoms with Gasteiger partial charge in [0.2, 0.25) is 5.91 Å². The third kappa shape index (κ3) is 2.09. The van der Waals surface area contributed by atoms with Crippen molar-refractivity contribution in [1.82, 2.24) is 4.98 Å². The predicted octanol–water partition coefficient (Wildman–Crippen LogP) is 0.926. The van der Waals surface area contributed by atoms with Gasteiger partial charge >= 0.3 is 0 Å². The van der Waals surface area contributed by atoms with E-state index in [1.165, 1.54) is 0 Å². The summed E-state index contributed by atoms with van der Waals surface area (Å²) in [6, 6.07) is 3.68. The molecule has 0 aromatic carbocycles. The number of aromatic nitrogens is 1. The lowest BCUT2D eigenvalue weighted by Crippen LogP contribution is -2.47. The van der Waals surface area contributed by atoms with Crippen LogP contribution < -0.4 is 10.6 Å². The first-order chi connectivity index (χ1) is 7.29. The number of nitrogens with zero attached hydrogens (tertiary/aromatic N) is 2. The van der Waals surface area contributed by atoms with Crippen LogP contribution in [-0.2, 0) is 4.79 Å². The van der Waals surface area contributed by atoms with E-state index in [-0.39, 0.29) is 11.9 Å². The van der Waals surface area contributed by atoms with Gasteiger partial charge in [0.05, 0.1) is 11.9 Å². The lowest BCUT2D eigenvalue weighted by Gasteiger charge is -2.35. The molecule has 0 bridgehead atoms. The zero-order valence-electron chi connectivity index (χ0n) is 8.60. The molecule has 15 heavy (non-hydrogen) atoms. The quantitative estimate of drug-likeness (QED) is 0.781. The molecule has 2 rings (SSSR count). The molecule has 80 valence electrons. The molecule has 0 unspecified atom stereocenters. The number of anilines is 1. The summed E-state index contributed by atoms with van der Waals surface area (Å²) in [5, 5.41) is 0. The fourth-order valence-electron chi connectivity index (χ4n) is 2.06. The van der Waals surface area contributed by atoms with Gasteiger partial charge < -0.3 is 10.6 Å². The van der Waals surface area contributed by atoms with E-state index in [4.69, 9.17) is 5.73 Å². The molecule has 1 saturated heterocycles. The first-order valence-corrected chi connectivity index (χ1v) is 5.25. The number of primary amides is 1. The third-order valence-corrected chi connectivity index (χ3v) is 2.81. The molecule has 1 aliphatic rings. The number of rotatable bonds is 2. The average Bonchev–Trinajstić information content (AvgIpc) is 2.30. The fourth-order valence-corrected chi connectivity index (χ4v) is 2.06. The number of pyridine rings is 1. The summed E-state index contributed by atoms with van der Waals surface area (Å²) < 4.78 is 0. The highest BCUT2D eigenvalue weighted by atomic mass is 16.1. The summed E-state index contributed by atoms with van der Waals surface area (Å²) in [5.74, 6) is -0.237. The molecule has 1 aromatic heterocycles. The van der Waals surface area contributed by atoms with E-state index in [0.29, 0.717) is 0 Å². The molecule has 1 aromatic rings. The Bertz CT molecular complexity index is 339. The van der Waals surface area contributed by atoms with Crippen molar-refractivity contribution in [3.8, 4) is 0 Å². The van der Waals surface area contributed by atoms with Crippen molar-refractivity contribution < 1.29 is 4.79 Å². The molecule has 0 radical (unpaired) electrons. The molecule has 1 amide bonds. The van der Waals surface area contributed by atoms with Gasteiger partial charge in [0, 0.05) is 12.7 Å². The number of carbonyl (C=O) groups excluding carboxylic acids is 1. The van der Waals surface area contributed by atoms with Gasteiger partial charge in [0.15, 0.2) is 0 Å². The Morgan fingerprint density at radius 1 is 1.53 bits per heavy atom. The van der Waals surface area contributed by atoms with Gasteiger partial charge in [0.1, 0.15) is 6.04 Å². The van der Waals surface area contributed by atoms with Crippen molar-refractivity contribution in [1.29, 1.82) is 0 Å². The standard InChI is InChI=1S/C11H15N3O/c12-11(15)10-5-1-2-7-14(10)9-4-3-6-13-8-9/h3-4,6,8,10H,1-2,5,7H2,(H2,12,15)/t10-/m1/s1. The topological polar surface area (TPSA) is 59.2 Å². The monoisotopic (exact) mass is 205 g/mol. The maximum absolute atomic E-state index is 11.3. The van der Waals surface area contributed by atoms with Crippen molar-refractivity contribution in [3.63, 3.8) is 0 Å². The number of carbonyl (C=O) groups is 1. The zero-order chi connectivity index (χ0) is 10.7. The predicted molar refractivity (Wildman–Crippen MR) is 58.4 cm³/mol. The van der Waals surface area contributed by atoms with Crippen LogP contribution in [-0.4, -0.2) is 23.5 Å². The number of piperidine rings is 1. The first-order valence-electron chi connectivity index (χ1n) is 5.25. The Hall–Kier alpha value is -1.58. The Labute approximate surface area is 89.1 Å². The van der Waals surface area contributed by atoms with Gasteiger partial charge in [0.25, 0.3) is 0 Å². The first kappa shape index (κ1) is 9.96. The molecule has 1 fully saturated rings. The minimum absolute atomic E-state index is 0.164. The molecule has 1 aliphatic heterocycles. The maximum Gasteiger partial charge on any atom is 0.240 e. The van der Waals surface area contributed by atoms with Crippen LogP contribution in [0.3, 0.4) is 0 Å². The van der Waals surface area contributed by atoms with Crippen molar-refractivity contribution >= 4 is 11.6 Å². The molecule has 2 N–H and O–H groups in total. The highest BCUT2D eigenvalue weighted by Crippen LogP contribution is 2.23. The summed E-state index contributed by atoms with van der Waals surface area (Å²) in [6.07, 6.45) is 6.54.